The molecular weight excluding hydrogens is 394 g/mol. The van der Waals surface area contributed by atoms with E-state index in [1.807, 2.05) is 50.2 Å². The number of methoxy groups -OCH3 is 1. The number of hydrogen-bond donors (Lipinski definition) is 0. The van der Waals surface area contributed by atoms with Gasteiger partial charge in [-0.3, -0.25) is 9.59 Å². The zero-order valence-corrected chi connectivity index (χ0v) is 17.9. The number of carbonyl (C=O) groups is 1. The molecule has 160 valence electrons. The summed E-state index contributed by atoms with van der Waals surface area (Å²) >= 11 is 0. The number of benzene rings is 2. The average Bonchev–Trinajstić information content (AvgIpc) is 3.37. The van der Waals surface area contributed by atoms with Gasteiger partial charge >= 0.3 is 0 Å². The van der Waals surface area contributed by atoms with E-state index in [1.165, 1.54) is 0 Å². The van der Waals surface area contributed by atoms with E-state index in [-0.39, 0.29) is 23.2 Å². The van der Waals surface area contributed by atoms with E-state index in [9.17, 15) is 9.59 Å². The molecule has 2 atom stereocenters. The van der Waals surface area contributed by atoms with Gasteiger partial charge in [0.05, 0.1) is 30.2 Å². The minimum Gasteiger partial charge on any atom is -0.497 e. The van der Waals surface area contributed by atoms with E-state index in [2.05, 4.69) is 0 Å². The molecule has 2 aliphatic rings. The lowest BCUT2D eigenvalue weighted by Crippen LogP contribution is -2.36. The highest BCUT2D eigenvalue weighted by Gasteiger charge is 2.44. The van der Waals surface area contributed by atoms with Crippen LogP contribution in [0.15, 0.2) is 45.6 Å². The molecule has 1 fully saturated rings. The van der Waals surface area contributed by atoms with Crippen LogP contribution < -0.4 is 10.2 Å². The zero-order chi connectivity index (χ0) is 21.7. The predicted octanol–water partition coefficient (Wildman–Crippen LogP) is 4.14. The quantitative estimate of drug-likeness (QED) is 0.636. The Balaban J connectivity index is 1.72. The number of amides is 1. The van der Waals surface area contributed by atoms with Crippen molar-refractivity contribution in [3.05, 3.63) is 74.6 Å². The Kier molecular flexibility index (Phi) is 4.82. The van der Waals surface area contributed by atoms with E-state index in [4.69, 9.17) is 13.9 Å². The van der Waals surface area contributed by atoms with E-state index < -0.39 is 6.04 Å². The number of carbonyl (C=O) groups excluding carboxylic acids is 1. The third kappa shape index (κ3) is 3.22. The van der Waals surface area contributed by atoms with Gasteiger partial charge in [0, 0.05) is 13.2 Å². The van der Waals surface area contributed by atoms with Crippen molar-refractivity contribution in [2.24, 2.45) is 0 Å². The minimum atomic E-state index is -0.538. The van der Waals surface area contributed by atoms with Gasteiger partial charge in [0.1, 0.15) is 11.3 Å². The first-order valence-corrected chi connectivity index (χ1v) is 10.6. The average molecular weight is 419 g/mol. The highest BCUT2D eigenvalue weighted by atomic mass is 16.5. The number of rotatable bonds is 4. The summed E-state index contributed by atoms with van der Waals surface area (Å²) in [5.74, 6) is 0.536. The van der Waals surface area contributed by atoms with Gasteiger partial charge in [0.15, 0.2) is 5.43 Å². The monoisotopic (exact) mass is 419 g/mol. The summed E-state index contributed by atoms with van der Waals surface area (Å²) in [7, 11) is 1.60. The highest BCUT2D eigenvalue weighted by molar-refractivity contribution is 5.99. The summed E-state index contributed by atoms with van der Waals surface area (Å²) in [6, 6.07) is 10.7. The molecule has 0 radical (unpaired) electrons. The first-order chi connectivity index (χ1) is 15.0. The Morgan fingerprint density at radius 2 is 1.94 bits per heavy atom. The molecule has 1 amide bonds. The van der Waals surface area contributed by atoms with Crippen LogP contribution in [0.1, 0.15) is 51.7 Å². The molecule has 6 nitrogen and oxygen atoms in total. The molecule has 0 aliphatic carbocycles. The van der Waals surface area contributed by atoms with Crippen LogP contribution in [0.4, 0.5) is 0 Å². The lowest BCUT2D eigenvalue weighted by molar-refractivity contribution is 0.0486. The Labute approximate surface area is 180 Å². The summed E-state index contributed by atoms with van der Waals surface area (Å²) in [4.78, 5) is 28.8. The largest absolute Gasteiger partial charge is 0.497 e. The van der Waals surface area contributed by atoms with Crippen molar-refractivity contribution < 1.29 is 18.7 Å². The standard InChI is InChI=1S/C25H25NO5/c1-14-10-19-20(11-15(14)2)31-24-21(23(19)27)22(16-6-4-7-17(12-16)29-3)26(25(24)28)13-18-8-5-9-30-18/h4,6-7,10-12,18,22H,5,8-9,13H2,1-3H3/t18-,22+/m1/s1. The topological polar surface area (TPSA) is 69.0 Å². The van der Waals surface area contributed by atoms with Crippen LogP contribution in [0.5, 0.6) is 5.75 Å². The van der Waals surface area contributed by atoms with Gasteiger partial charge in [-0.15, -0.1) is 0 Å². The maximum atomic E-state index is 13.6. The fourth-order valence-electron chi connectivity index (χ4n) is 4.63. The second kappa shape index (κ2) is 7.54. The second-order valence-electron chi connectivity index (χ2n) is 8.38. The van der Waals surface area contributed by atoms with E-state index in [0.29, 0.717) is 35.4 Å². The van der Waals surface area contributed by atoms with Gasteiger partial charge < -0.3 is 18.8 Å². The van der Waals surface area contributed by atoms with E-state index in [1.54, 1.807) is 12.0 Å². The third-order valence-corrected chi connectivity index (χ3v) is 6.42. The van der Waals surface area contributed by atoms with Gasteiger partial charge in [-0.25, -0.2) is 0 Å². The van der Waals surface area contributed by atoms with Crippen LogP contribution in [-0.4, -0.2) is 37.2 Å². The molecule has 1 saturated heterocycles. The summed E-state index contributed by atoms with van der Waals surface area (Å²) < 4.78 is 17.3. The lowest BCUT2D eigenvalue weighted by Gasteiger charge is -2.27. The van der Waals surface area contributed by atoms with Gasteiger partial charge in [-0.05, 0) is 67.6 Å². The molecule has 6 heteroatoms. The zero-order valence-electron chi connectivity index (χ0n) is 17.9. The van der Waals surface area contributed by atoms with Gasteiger partial charge in [0.25, 0.3) is 5.91 Å². The SMILES string of the molecule is COc1cccc([C@H]2c3c(oc4cc(C)c(C)cc4c3=O)C(=O)N2C[C@H]2CCCO2)c1. The van der Waals surface area contributed by atoms with Crippen LogP contribution in [0.25, 0.3) is 11.0 Å². The van der Waals surface area contributed by atoms with Crippen LogP contribution in [0.2, 0.25) is 0 Å². The van der Waals surface area contributed by atoms with Gasteiger partial charge in [-0.1, -0.05) is 12.1 Å². The van der Waals surface area contributed by atoms with Crippen molar-refractivity contribution in [2.45, 2.75) is 38.8 Å². The lowest BCUT2D eigenvalue weighted by atomic mass is 9.97. The van der Waals surface area contributed by atoms with Crippen molar-refractivity contribution >= 4 is 16.9 Å². The fourth-order valence-corrected chi connectivity index (χ4v) is 4.63. The summed E-state index contributed by atoms with van der Waals surface area (Å²) in [6.07, 6.45) is 1.83. The maximum Gasteiger partial charge on any atom is 0.291 e. The number of fused-ring (bicyclic) bond motifs is 2. The van der Waals surface area contributed by atoms with Crippen LogP contribution in [0.3, 0.4) is 0 Å². The molecule has 0 unspecified atom stereocenters. The summed E-state index contributed by atoms with van der Waals surface area (Å²) in [5.41, 5.74) is 3.53. The Bertz CT molecular complexity index is 1240. The second-order valence-corrected chi connectivity index (χ2v) is 8.38. The molecule has 0 spiro atoms. The number of hydrogen-bond acceptors (Lipinski definition) is 5. The maximum absolute atomic E-state index is 13.6. The molecule has 3 heterocycles. The Morgan fingerprint density at radius 3 is 2.68 bits per heavy atom. The third-order valence-electron chi connectivity index (χ3n) is 6.42. The molecule has 2 aromatic carbocycles. The number of nitrogens with zero attached hydrogens (tertiary/aromatic N) is 1. The molecule has 5 rings (SSSR count). The fraction of sp³-hybridized carbons (Fsp3) is 0.360. The first-order valence-electron chi connectivity index (χ1n) is 10.6. The molecule has 0 bridgehead atoms. The van der Waals surface area contributed by atoms with E-state index in [0.717, 1.165) is 29.5 Å². The molecule has 1 aromatic heterocycles. The first kappa shape index (κ1) is 19.8. The van der Waals surface area contributed by atoms with Crippen molar-refractivity contribution in [3.8, 4) is 5.75 Å². The Morgan fingerprint density at radius 1 is 1.13 bits per heavy atom. The molecule has 3 aromatic rings. The number of aryl methyl sites for hydroxylation is 2. The predicted molar refractivity (Wildman–Crippen MR) is 117 cm³/mol. The van der Waals surface area contributed by atoms with Gasteiger partial charge in [0.2, 0.25) is 5.76 Å². The van der Waals surface area contributed by atoms with E-state index >= 15 is 0 Å². The molecule has 0 N–H and O–H groups in total. The molecular formula is C25H25NO5. The molecule has 0 saturated carbocycles. The Hall–Kier alpha value is -3.12. The van der Waals surface area contributed by atoms with Crippen molar-refractivity contribution in [1.29, 1.82) is 0 Å². The molecule has 31 heavy (non-hydrogen) atoms. The van der Waals surface area contributed by atoms with Crippen molar-refractivity contribution in [2.75, 3.05) is 20.3 Å². The summed E-state index contributed by atoms with van der Waals surface area (Å²) in [6.45, 7) is 5.05. The van der Waals surface area contributed by atoms with Crippen LogP contribution in [-0.2, 0) is 4.74 Å². The van der Waals surface area contributed by atoms with Crippen molar-refractivity contribution in [3.63, 3.8) is 0 Å². The minimum absolute atomic E-state index is 0.0413. The summed E-state index contributed by atoms with van der Waals surface area (Å²) in [5, 5.41) is 0.501. The number of ether oxygens (including phenoxy) is 2. The molecule has 2 aliphatic heterocycles. The normalized spacial score (nSPS) is 20.5. The van der Waals surface area contributed by atoms with Crippen molar-refractivity contribution in [1.82, 2.24) is 4.90 Å². The van der Waals surface area contributed by atoms with Crippen LogP contribution in [0, 0.1) is 13.8 Å². The smallest absolute Gasteiger partial charge is 0.291 e. The van der Waals surface area contributed by atoms with Crippen LogP contribution >= 0.6 is 0 Å². The van der Waals surface area contributed by atoms with Gasteiger partial charge in [-0.2, -0.15) is 0 Å². The highest BCUT2D eigenvalue weighted by Crippen LogP contribution is 2.40.